The average molecular weight is 226 g/mol. The van der Waals surface area contributed by atoms with Gasteiger partial charge in [0, 0.05) is 0 Å². The molecular weight excluding hydrogens is 210 g/mol. The minimum atomic E-state index is 0. The number of hydrogen-bond acceptors (Lipinski definition) is 2. The van der Waals surface area contributed by atoms with Crippen LogP contribution in [0.3, 0.4) is 0 Å². The van der Waals surface area contributed by atoms with Crippen LogP contribution in [0.1, 0.15) is 0 Å². The smallest absolute Gasteiger partial charge is 0.147 e. The first-order valence-corrected chi connectivity index (χ1v) is 3.58. The molecule has 0 amide bonds. The molecule has 0 bridgehead atoms. The van der Waals surface area contributed by atoms with Gasteiger partial charge in [0.25, 0.3) is 0 Å². The second-order valence-electron chi connectivity index (χ2n) is 3.75. The van der Waals surface area contributed by atoms with E-state index in [4.69, 9.17) is 9.47 Å². The minimum absolute atomic E-state index is 0. The topological polar surface area (TPSA) is 18.5 Å². The van der Waals surface area contributed by atoms with Gasteiger partial charge in [0.15, 0.2) is 0 Å². The molecule has 1 heterocycles. The molecule has 1 aliphatic heterocycles. The molecule has 0 aromatic rings. The van der Waals surface area contributed by atoms with Gasteiger partial charge in [-0.25, -0.2) is 0 Å². The molecule has 0 radical (unpaired) electrons. The van der Waals surface area contributed by atoms with Crippen molar-refractivity contribution in [3.8, 4) is 0 Å². The number of nitrogens with zero attached hydrogens (tertiary/aromatic N) is 1. The van der Waals surface area contributed by atoms with Crippen molar-refractivity contribution in [2.45, 2.75) is 6.10 Å². The molecule has 0 N–H and O–H groups in total. The van der Waals surface area contributed by atoms with E-state index in [9.17, 15) is 0 Å². The van der Waals surface area contributed by atoms with Gasteiger partial charge in [-0.1, -0.05) is 0 Å². The highest BCUT2D eigenvalue weighted by molar-refractivity contribution is 4.57. The zero-order valence-corrected chi connectivity index (χ0v) is 8.93. The first kappa shape index (κ1) is 11.4. The Bertz CT molecular complexity index is 107. The number of quaternary nitrogens is 1. The van der Waals surface area contributed by atoms with Crippen LogP contribution in [-0.4, -0.2) is 51.7 Å². The van der Waals surface area contributed by atoms with Crippen LogP contribution in [0, 0.1) is 0 Å². The maximum Gasteiger partial charge on any atom is 0.147 e. The van der Waals surface area contributed by atoms with Crippen molar-refractivity contribution in [1.82, 2.24) is 0 Å². The van der Waals surface area contributed by atoms with E-state index in [0.717, 1.165) is 17.6 Å². The standard InChI is InChI=1S/C7H16NO2.BrH/c1-8(2,3)4-7-5-9-6-10-7;/h7H,4-6H2,1-3H3;1H/q+1;/p-1. The molecular formula is C7H16BrNO2. The molecule has 1 fully saturated rings. The normalized spacial score (nSPS) is 24.8. The van der Waals surface area contributed by atoms with Gasteiger partial charge in [0.05, 0.1) is 27.7 Å². The SMILES string of the molecule is C[N+](C)(C)CC1COCO1.[Br-]. The van der Waals surface area contributed by atoms with E-state index < -0.39 is 0 Å². The summed E-state index contributed by atoms with van der Waals surface area (Å²) in [6, 6.07) is 0. The fourth-order valence-corrected chi connectivity index (χ4v) is 1.09. The van der Waals surface area contributed by atoms with E-state index in [1.54, 1.807) is 0 Å². The second kappa shape index (κ2) is 4.40. The van der Waals surface area contributed by atoms with Gasteiger partial charge in [-0.05, 0) is 0 Å². The molecule has 0 aliphatic carbocycles. The van der Waals surface area contributed by atoms with Crippen LogP contribution in [0.4, 0.5) is 0 Å². The highest BCUT2D eigenvalue weighted by Crippen LogP contribution is 2.06. The first-order valence-electron chi connectivity index (χ1n) is 3.58. The van der Waals surface area contributed by atoms with Crippen LogP contribution < -0.4 is 17.0 Å². The molecule has 1 rings (SSSR count). The molecule has 1 unspecified atom stereocenters. The van der Waals surface area contributed by atoms with Crippen LogP contribution >= 0.6 is 0 Å². The maximum atomic E-state index is 5.29. The number of likely N-dealkylation sites (N-methyl/N-ethyl adjacent to an activating group) is 1. The Balaban J connectivity index is 0.000001000. The highest BCUT2D eigenvalue weighted by Gasteiger charge is 2.22. The fourth-order valence-electron chi connectivity index (χ4n) is 1.09. The summed E-state index contributed by atoms with van der Waals surface area (Å²) in [5.41, 5.74) is 0. The highest BCUT2D eigenvalue weighted by atomic mass is 79.9. The molecule has 0 saturated carbocycles. The monoisotopic (exact) mass is 225 g/mol. The Morgan fingerprint density at radius 2 is 2.00 bits per heavy atom. The number of halogens is 1. The third kappa shape index (κ3) is 4.74. The summed E-state index contributed by atoms with van der Waals surface area (Å²) in [7, 11) is 6.46. The molecule has 1 aliphatic rings. The molecule has 11 heavy (non-hydrogen) atoms. The van der Waals surface area contributed by atoms with Crippen LogP contribution in [0.5, 0.6) is 0 Å². The minimum Gasteiger partial charge on any atom is -1.00 e. The summed E-state index contributed by atoms with van der Waals surface area (Å²) in [5.74, 6) is 0. The summed E-state index contributed by atoms with van der Waals surface area (Å²) in [5, 5.41) is 0. The summed E-state index contributed by atoms with van der Waals surface area (Å²) < 4.78 is 11.3. The van der Waals surface area contributed by atoms with Gasteiger partial charge in [0.1, 0.15) is 19.4 Å². The predicted octanol–water partition coefficient (Wildman–Crippen LogP) is -2.93. The summed E-state index contributed by atoms with van der Waals surface area (Å²) in [4.78, 5) is 0. The lowest BCUT2D eigenvalue weighted by atomic mass is 10.3. The molecule has 0 spiro atoms. The number of rotatable bonds is 2. The van der Waals surface area contributed by atoms with Crippen molar-refractivity contribution in [3.63, 3.8) is 0 Å². The van der Waals surface area contributed by atoms with E-state index in [1.165, 1.54) is 0 Å². The van der Waals surface area contributed by atoms with Gasteiger partial charge in [-0.3, -0.25) is 0 Å². The fraction of sp³-hybridized carbons (Fsp3) is 1.00. The van der Waals surface area contributed by atoms with Crippen LogP contribution in [-0.2, 0) is 9.47 Å². The molecule has 1 atom stereocenters. The Hall–Kier alpha value is 0.360. The Morgan fingerprint density at radius 1 is 1.36 bits per heavy atom. The van der Waals surface area contributed by atoms with Crippen molar-refractivity contribution in [1.29, 1.82) is 0 Å². The Labute approximate surface area is 78.6 Å². The summed E-state index contributed by atoms with van der Waals surface area (Å²) in [6.07, 6.45) is 0.306. The molecule has 1 saturated heterocycles. The molecule has 4 heteroatoms. The van der Waals surface area contributed by atoms with Gasteiger partial charge >= 0.3 is 0 Å². The summed E-state index contributed by atoms with van der Waals surface area (Å²) in [6.45, 7) is 2.26. The lowest BCUT2D eigenvalue weighted by Gasteiger charge is -2.25. The van der Waals surface area contributed by atoms with Crippen molar-refractivity contribution < 1.29 is 30.9 Å². The van der Waals surface area contributed by atoms with Crippen LogP contribution in [0.15, 0.2) is 0 Å². The third-order valence-corrected chi connectivity index (χ3v) is 1.44. The van der Waals surface area contributed by atoms with Crippen molar-refractivity contribution in [2.24, 2.45) is 0 Å². The third-order valence-electron chi connectivity index (χ3n) is 1.44. The van der Waals surface area contributed by atoms with E-state index >= 15 is 0 Å². The average Bonchev–Trinajstić information content (AvgIpc) is 2.12. The van der Waals surface area contributed by atoms with E-state index in [0.29, 0.717) is 12.9 Å². The van der Waals surface area contributed by atoms with Crippen molar-refractivity contribution >= 4 is 0 Å². The molecule has 0 aromatic carbocycles. The lowest BCUT2D eigenvalue weighted by molar-refractivity contribution is -0.873. The zero-order valence-electron chi connectivity index (χ0n) is 7.34. The van der Waals surface area contributed by atoms with Gasteiger partial charge < -0.3 is 30.9 Å². The predicted molar refractivity (Wildman–Crippen MR) is 38.6 cm³/mol. The van der Waals surface area contributed by atoms with Crippen LogP contribution in [0.2, 0.25) is 0 Å². The summed E-state index contributed by atoms with van der Waals surface area (Å²) >= 11 is 0. The van der Waals surface area contributed by atoms with Gasteiger partial charge in [-0.2, -0.15) is 0 Å². The number of ether oxygens (including phenoxy) is 2. The first-order chi connectivity index (χ1) is 4.58. The molecule has 68 valence electrons. The second-order valence-corrected chi connectivity index (χ2v) is 3.75. The number of hydrogen-bond donors (Lipinski definition) is 0. The van der Waals surface area contributed by atoms with Gasteiger partial charge in [-0.15, -0.1) is 0 Å². The van der Waals surface area contributed by atoms with Crippen LogP contribution in [0.25, 0.3) is 0 Å². The van der Waals surface area contributed by atoms with E-state index in [-0.39, 0.29) is 17.0 Å². The Morgan fingerprint density at radius 3 is 2.36 bits per heavy atom. The van der Waals surface area contributed by atoms with Crippen molar-refractivity contribution in [3.05, 3.63) is 0 Å². The Kier molecular flexibility index (Phi) is 4.55. The zero-order chi connectivity index (χ0) is 7.61. The van der Waals surface area contributed by atoms with E-state index in [2.05, 4.69) is 21.1 Å². The quantitative estimate of drug-likeness (QED) is 0.469. The van der Waals surface area contributed by atoms with Crippen molar-refractivity contribution in [2.75, 3.05) is 41.1 Å². The maximum absolute atomic E-state index is 5.29. The lowest BCUT2D eigenvalue weighted by Crippen LogP contribution is -3.00. The van der Waals surface area contributed by atoms with E-state index in [1.807, 2.05) is 0 Å². The largest absolute Gasteiger partial charge is 1.00 e. The molecule has 0 aromatic heterocycles. The van der Waals surface area contributed by atoms with Gasteiger partial charge in [0.2, 0.25) is 0 Å². The molecule has 3 nitrogen and oxygen atoms in total.